The van der Waals surface area contributed by atoms with Gasteiger partial charge in [-0.2, -0.15) is 0 Å². The third-order valence-electron chi connectivity index (χ3n) is 3.16. The Morgan fingerprint density at radius 3 is 2.94 bits per heavy atom. The number of aromatic nitrogens is 1. The zero-order chi connectivity index (χ0) is 12.1. The molecule has 2 heterocycles. The van der Waals surface area contributed by atoms with Crippen LogP contribution in [-0.4, -0.2) is 49.3 Å². The number of aryl methyl sites for hydroxylation is 1. The number of ether oxygens (including phenoxy) is 1. The van der Waals surface area contributed by atoms with Crippen molar-refractivity contribution >= 4 is 11.3 Å². The fourth-order valence-electron chi connectivity index (χ4n) is 2.08. The number of morpholine rings is 1. The highest BCUT2D eigenvalue weighted by Crippen LogP contribution is 2.20. The van der Waals surface area contributed by atoms with E-state index in [2.05, 4.69) is 29.0 Å². The van der Waals surface area contributed by atoms with Crippen molar-refractivity contribution < 1.29 is 4.74 Å². The van der Waals surface area contributed by atoms with Gasteiger partial charge in [-0.3, -0.25) is 4.90 Å². The molecule has 17 heavy (non-hydrogen) atoms. The molecule has 1 aliphatic rings. The molecule has 1 saturated heterocycles. The molecule has 0 saturated carbocycles. The maximum Gasteiger partial charge on any atom is 0.0798 e. The zero-order valence-electron chi connectivity index (χ0n) is 10.6. The molecule has 0 bridgehead atoms. The Balaban J connectivity index is 1.69. The molecule has 1 aromatic heterocycles. The number of hydrogen-bond acceptors (Lipinski definition) is 5. The van der Waals surface area contributed by atoms with Crippen LogP contribution in [0.25, 0.3) is 0 Å². The molecule has 2 rings (SSSR count). The molecular weight excluding hydrogens is 234 g/mol. The lowest BCUT2D eigenvalue weighted by atomic mass is 10.2. The number of nitrogens with one attached hydrogen (secondary N) is 1. The lowest BCUT2D eigenvalue weighted by Gasteiger charge is -2.27. The van der Waals surface area contributed by atoms with Gasteiger partial charge in [0, 0.05) is 37.1 Å². The first kappa shape index (κ1) is 13.0. The maximum atomic E-state index is 5.33. The van der Waals surface area contributed by atoms with E-state index in [1.165, 1.54) is 4.88 Å². The third-order valence-corrected chi connectivity index (χ3v) is 4.27. The predicted molar refractivity (Wildman–Crippen MR) is 70.5 cm³/mol. The minimum atomic E-state index is 0.406. The van der Waals surface area contributed by atoms with E-state index in [0.717, 1.165) is 45.1 Å². The van der Waals surface area contributed by atoms with E-state index >= 15 is 0 Å². The van der Waals surface area contributed by atoms with Gasteiger partial charge in [0.1, 0.15) is 0 Å². The Bertz CT molecular complexity index is 336. The van der Waals surface area contributed by atoms with Crippen LogP contribution >= 0.6 is 11.3 Å². The normalized spacial score (nSPS) is 19.4. The molecule has 96 valence electrons. The van der Waals surface area contributed by atoms with Gasteiger partial charge in [-0.25, -0.2) is 4.98 Å². The molecule has 0 spiro atoms. The summed E-state index contributed by atoms with van der Waals surface area (Å²) < 4.78 is 5.33. The SMILES string of the molecule is Cc1ncsc1C(C)NCCN1CCOCC1. The van der Waals surface area contributed by atoms with Crippen LogP contribution in [0.4, 0.5) is 0 Å². The van der Waals surface area contributed by atoms with Gasteiger partial charge in [-0.1, -0.05) is 0 Å². The summed E-state index contributed by atoms with van der Waals surface area (Å²) in [5.41, 5.74) is 3.08. The fourth-order valence-corrected chi connectivity index (χ4v) is 2.92. The second-order valence-corrected chi connectivity index (χ2v) is 5.32. The smallest absolute Gasteiger partial charge is 0.0798 e. The number of nitrogens with zero attached hydrogens (tertiary/aromatic N) is 2. The molecule has 4 nitrogen and oxygen atoms in total. The first-order chi connectivity index (χ1) is 8.27. The molecular formula is C12H21N3OS. The van der Waals surface area contributed by atoms with E-state index in [1.54, 1.807) is 11.3 Å². The number of thiazole rings is 1. The topological polar surface area (TPSA) is 37.4 Å². The molecule has 5 heteroatoms. The standard InChI is InChI=1S/C12H21N3OS/c1-10(12-11(2)14-9-17-12)13-3-4-15-5-7-16-8-6-15/h9-10,13H,3-8H2,1-2H3. The van der Waals surface area contributed by atoms with Crippen LogP contribution < -0.4 is 5.32 Å². The van der Waals surface area contributed by atoms with Crippen LogP contribution in [0.3, 0.4) is 0 Å². The molecule has 0 aromatic carbocycles. The highest BCUT2D eigenvalue weighted by Gasteiger charge is 2.12. The van der Waals surface area contributed by atoms with Crippen molar-refractivity contribution in [1.29, 1.82) is 0 Å². The Morgan fingerprint density at radius 1 is 1.53 bits per heavy atom. The largest absolute Gasteiger partial charge is 0.379 e. The fraction of sp³-hybridized carbons (Fsp3) is 0.750. The van der Waals surface area contributed by atoms with E-state index in [1.807, 2.05) is 5.51 Å². The second-order valence-electron chi connectivity index (χ2n) is 4.43. The first-order valence-electron chi connectivity index (χ1n) is 6.21. The predicted octanol–water partition coefficient (Wildman–Crippen LogP) is 1.43. The second kappa shape index (κ2) is 6.44. The summed E-state index contributed by atoms with van der Waals surface area (Å²) in [5, 5.41) is 3.56. The summed E-state index contributed by atoms with van der Waals surface area (Å²) >= 11 is 1.74. The third kappa shape index (κ3) is 3.74. The van der Waals surface area contributed by atoms with Crippen molar-refractivity contribution in [2.24, 2.45) is 0 Å². The molecule has 1 atom stereocenters. The molecule has 1 unspecified atom stereocenters. The highest BCUT2D eigenvalue weighted by molar-refractivity contribution is 7.09. The zero-order valence-corrected chi connectivity index (χ0v) is 11.4. The van der Waals surface area contributed by atoms with Crippen molar-refractivity contribution in [2.75, 3.05) is 39.4 Å². The average molecular weight is 255 g/mol. The maximum absolute atomic E-state index is 5.33. The number of hydrogen-bond donors (Lipinski definition) is 1. The van der Waals surface area contributed by atoms with Gasteiger partial charge in [-0.05, 0) is 13.8 Å². The van der Waals surface area contributed by atoms with Crippen LogP contribution in [-0.2, 0) is 4.74 Å². The van der Waals surface area contributed by atoms with Gasteiger partial charge >= 0.3 is 0 Å². The molecule has 1 aliphatic heterocycles. The Kier molecular flexibility index (Phi) is 4.91. The monoisotopic (exact) mass is 255 g/mol. The van der Waals surface area contributed by atoms with Crippen molar-refractivity contribution in [3.63, 3.8) is 0 Å². The summed E-state index contributed by atoms with van der Waals surface area (Å²) in [6.45, 7) is 10.3. The van der Waals surface area contributed by atoms with Gasteiger partial charge in [0.2, 0.25) is 0 Å². The van der Waals surface area contributed by atoms with Gasteiger partial charge < -0.3 is 10.1 Å². The quantitative estimate of drug-likeness (QED) is 0.864. The van der Waals surface area contributed by atoms with E-state index in [-0.39, 0.29) is 0 Å². The van der Waals surface area contributed by atoms with Gasteiger partial charge in [-0.15, -0.1) is 11.3 Å². The van der Waals surface area contributed by atoms with Crippen LogP contribution in [0.2, 0.25) is 0 Å². The van der Waals surface area contributed by atoms with E-state index in [4.69, 9.17) is 4.74 Å². The number of rotatable bonds is 5. The van der Waals surface area contributed by atoms with E-state index < -0.39 is 0 Å². The summed E-state index contributed by atoms with van der Waals surface area (Å²) in [6.07, 6.45) is 0. The molecule has 0 radical (unpaired) electrons. The van der Waals surface area contributed by atoms with Crippen LogP contribution in [0.1, 0.15) is 23.5 Å². The Morgan fingerprint density at radius 2 is 2.29 bits per heavy atom. The minimum absolute atomic E-state index is 0.406. The van der Waals surface area contributed by atoms with Gasteiger partial charge in [0.25, 0.3) is 0 Å². The minimum Gasteiger partial charge on any atom is -0.379 e. The highest BCUT2D eigenvalue weighted by atomic mass is 32.1. The summed E-state index contributed by atoms with van der Waals surface area (Å²) in [5.74, 6) is 0. The molecule has 1 aromatic rings. The van der Waals surface area contributed by atoms with Crippen molar-refractivity contribution in [3.05, 3.63) is 16.1 Å². The average Bonchev–Trinajstić information content (AvgIpc) is 2.77. The van der Waals surface area contributed by atoms with Crippen molar-refractivity contribution in [3.8, 4) is 0 Å². The summed E-state index contributed by atoms with van der Waals surface area (Å²) in [6, 6.07) is 0.406. The van der Waals surface area contributed by atoms with Gasteiger partial charge in [0.05, 0.1) is 24.4 Å². The van der Waals surface area contributed by atoms with Crippen molar-refractivity contribution in [1.82, 2.24) is 15.2 Å². The molecule has 0 amide bonds. The lowest BCUT2D eigenvalue weighted by Crippen LogP contribution is -2.40. The summed E-state index contributed by atoms with van der Waals surface area (Å²) in [7, 11) is 0. The van der Waals surface area contributed by atoms with Crippen LogP contribution in [0.5, 0.6) is 0 Å². The van der Waals surface area contributed by atoms with E-state index in [9.17, 15) is 0 Å². The summed E-state index contributed by atoms with van der Waals surface area (Å²) in [4.78, 5) is 8.09. The first-order valence-corrected chi connectivity index (χ1v) is 7.09. The van der Waals surface area contributed by atoms with Gasteiger partial charge in [0.15, 0.2) is 0 Å². The van der Waals surface area contributed by atoms with Crippen molar-refractivity contribution in [2.45, 2.75) is 19.9 Å². The molecule has 1 fully saturated rings. The molecule has 0 aliphatic carbocycles. The Labute approximate surface area is 107 Å². The molecule has 1 N–H and O–H groups in total. The van der Waals surface area contributed by atoms with Crippen LogP contribution in [0.15, 0.2) is 5.51 Å². The lowest BCUT2D eigenvalue weighted by molar-refractivity contribution is 0.0382. The van der Waals surface area contributed by atoms with E-state index in [0.29, 0.717) is 6.04 Å². The Hall–Kier alpha value is -0.490. The van der Waals surface area contributed by atoms with Crippen LogP contribution in [0, 0.1) is 6.92 Å².